The first kappa shape index (κ1) is 16.6. The van der Waals surface area contributed by atoms with Crippen molar-refractivity contribution >= 4 is 21.7 Å². The highest BCUT2D eigenvalue weighted by Crippen LogP contribution is 2.32. The predicted molar refractivity (Wildman–Crippen MR) is 116 cm³/mol. The van der Waals surface area contributed by atoms with E-state index in [0.717, 1.165) is 5.52 Å². The van der Waals surface area contributed by atoms with Gasteiger partial charge < -0.3 is 0 Å². The number of hydrogen-bond acceptors (Lipinski definition) is 1. The minimum absolute atomic E-state index is 1.01. The Bertz CT molecular complexity index is 1320. The number of aromatic nitrogens is 2. The maximum Gasteiger partial charge on any atom is 0.287 e. The number of rotatable bonds is 2. The molecular weight excluding hydrogens is 340 g/mol. The molecule has 5 aromatic rings. The monoisotopic (exact) mass is 361 g/mol. The van der Waals surface area contributed by atoms with Gasteiger partial charge >= 0.3 is 0 Å². The zero-order valence-corrected chi connectivity index (χ0v) is 16.1. The van der Waals surface area contributed by atoms with Gasteiger partial charge in [0.05, 0.1) is 12.4 Å². The highest BCUT2D eigenvalue weighted by molar-refractivity contribution is 5.97. The zero-order chi connectivity index (χ0) is 19.1. The van der Waals surface area contributed by atoms with Crippen LogP contribution in [0.1, 0.15) is 5.56 Å². The molecule has 0 unspecified atom stereocenters. The molecule has 2 nitrogen and oxygen atoms in total. The van der Waals surface area contributed by atoms with Crippen LogP contribution in [0.25, 0.3) is 44.1 Å². The summed E-state index contributed by atoms with van der Waals surface area (Å²) in [5.74, 6) is 0. The Morgan fingerprint density at radius 2 is 1.43 bits per heavy atom. The molecule has 1 aromatic heterocycles. The number of nitrogens with zero attached hydrogens (tertiary/aromatic N) is 2. The van der Waals surface area contributed by atoms with Crippen LogP contribution < -0.4 is 4.57 Å². The maximum absolute atomic E-state index is 4.66. The van der Waals surface area contributed by atoms with Crippen molar-refractivity contribution in [2.45, 2.75) is 6.92 Å². The van der Waals surface area contributed by atoms with E-state index in [2.05, 4.69) is 108 Å². The van der Waals surface area contributed by atoms with Gasteiger partial charge in [-0.3, -0.25) is 0 Å². The molecule has 28 heavy (non-hydrogen) atoms. The lowest BCUT2D eigenvalue weighted by atomic mass is 9.95. The van der Waals surface area contributed by atoms with Crippen molar-refractivity contribution in [2.24, 2.45) is 7.05 Å². The Kier molecular flexibility index (Phi) is 3.91. The molecule has 0 spiro atoms. The average Bonchev–Trinajstić information content (AvgIpc) is 2.74. The van der Waals surface area contributed by atoms with Crippen molar-refractivity contribution in [3.05, 3.63) is 96.8 Å². The molecule has 0 aliphatic rings. The molecular formula is C26H21N2+. The second kappa shape index (κ2) is 6.58. The Labute approximate surface area is 164 Å². The van der Waals surface area contributed by atoms with Gasteiger partial charge in [-0.2, -0.15) is 0 Å². The third kappa shape index (κ3) is 2.74. The maximum atomic E-state index is 4.66. The molecule has 5 rings (SSSR count). The molecule has 0 saturated heterocycles. The van der Waals surface area contributed by atoms with Crippen LogP contribution in [0.2, 0.25) is 0 Å². The SMILES string of the molecule is Cc1cc2ccccc2cc1-c1c2cc(-c3ccccc3)ccc2nc[n+]1C. The van der Waals surface area contributed by atoms with Crippen LogP contribution in [0.15, 0.2) is 91.3 Å². The van der Waals surface area contributed by atoms with Crippen molar-refractivity contribution in [3.8, 4) is 22.4 Å². The summed E-state index contributed by atoms with van der Waals surface area (Å²) in [6, 6.07) is 30.2. The Morgan fingerprint density at radius 3 is 2.21 bits per heavy atom. The van der Waals surface area contributed by atoms with Gasteiger partial charge in [-0.05, 0) is 63.6 Å². The van der Waals surface area contributed by atoms with Crippen molar-refractivity contribution < 1.29 is 4.57 Å². The van der Waals surface area contributed by atoms with Gasteiger partial charge in [0.2, 0.25) is 0 Å². The third-order valence-electron chi connectivity index (χ3n) is 5.43. The highest BCUT2D eigenvalue weighted by Gasteiger charge is 2.18. The largest absolute Gasteiger partial charge is 0.287 e. The van der Waals surface area contributed by atoms with E-state index < -0.39 is 0 Å². The Morgan fingerprint density at radius 1 is 0.714 bits per heavy atom. The van der Waals surface area contributed by atoms with Gasteiger partial charge in [0.25, 0.3) is 6.33 Å². The lowest BCUT2D eigenvalue weighted by Crippen LogP contribution is -2.31. The fourth-order valence-electron chi connectivity index (χ4n) is 3.99. The number of fused-ring (bicyclic) bond motifs is 2. The van der Waals surface area contributed by atoms with E-state index in [9.17, 15) is 0 Å². The van der Waals surface area contributed by atoms with E-state index >= 15 is 0 Å². The quantitative estimate of drug-likeness (QED) is 0.360. The van der Waals surface area contributed by atoms with Gasteiger partial charge in [0.15, 0.2) is 5.52 Å². The van der Waals surface area contributed by atoms with Gasteiger partial charge in [-0.25, -0.2) is 4.57 Å². The van der Waals surface area contributed by atoms with Crippen molar-refractivity contribution in [3.63, 3.8) is 0 Å². The number of benzene rings is 4. The van der Waals surface area contributed by atoms with E-state index in [4.69, 9.17) is 0 Å². The van der Waals surface area contributed by atoms with Crippen molar-refractivity contribution in [1.82, 2.24) is 4.98 Å². The summed E-state index contributed by atoms with van der Waals surface area (Å²) < 4.78 is 2.13. The molecule has 4 aromatic carbocycles. The molecule has 0 bridgehead atoms. The van der Waals surface area contributed by atoms with E-state index in [1.807, 2.05) is 6.33 Å². The summed E-state index contributed by atoms with van der Waals surface area (Å²) in [6.07, 6.45) is 1.91. The zero-order valence-electron chi connectivity index (χ0n) is 16.1. The lowest BCUT2D eigenvalue weighted by molar-refractivity contribution is -0.662. The van der Waals surface area contributed by atoms with Crippen LogP contribution in [0.3, 0.4) is 0 Å². The molecule has 0 radical (unpaired) electrons. The summed E-state index contributed by atoms with van der Waals surface area (Å²) in [5.41, 5.74) is 7.16. The summed E-state index contributed by atoms with van der Waals surface area (Å²) >= 11 is 0. The Hall–Kier alpha value is -3.52. The predicted octanol–water partition coefficient (Wildman–Crippen LogP) is 5.85. The van der Waals surface area contributed by atoms with Crippen molar-refractivity contribution in [1.29, 1.82) is 0 Å². The normalized spacial score (nSPS) is 11.2. The number of aryl methyl sites for hydroxylation is 2. The van der Waals surface area contributed by atoms with E-state index in [1.165, 1.54) is 44.1 Å². The first-order valence-corrected chi connectivity index (χ1v) is 9.54. The lowest BCUT2D eigenvalue weighted by Gasteiger charge is -2.11. The number of hydrogen-bond donors (Lipinski definition) is 0. The topological polar surface area (TPSA) is 16.8 Å². The Balaban J connectivity index is 1.81. The highest BCUT2D eigenvalue weighted by atomic mass is 15.0. The minimum atomic E-state index is 1.01. The molecule has 0 aliphatic heterocycles. The van der Waals surface area contributed by atoms with Crippen LogP contribution in [-0.2, 0) is 7.05 Å². The third-order valence-corrected chi connectivity index (χ3v) is 5.43. The molecule has 0 aliphatic carbocycles. The van der Waals surface area contributed by atoms with Crippen molar-refractivity contribution in [2.75, 3.05) is 0 Å². The smallest absolute Gasteiger partial charge is 0.232 e. The van der Waals surface area contributed by atoms with E-state index in [1.54, 1.807) is 0 Å². The van der Waals surface area contributed by atoms with Gasteiger partial charge in [0.1, 0.15) is 5.69 Å². The molecule has 0 amide bonds. The summed E-state index contributed by atoms with van der Waals surface area (Å²) in [6.45, 7) is 2.19. The van der Waals surface area contributed by atoms with Crippen LogP contribution in [0.5, 0.6) is 0 Å². The van der Waals surface area contributed by atoms with Gasteiger partial charge in [0, 0.05) is 5.56 Å². The second-order valence-corrected chi connectivity index (χ2v) is 7.32. The van der Waals surface area contributed by atoms with Crippen LogP contribution in [-0.4, -0.2) is 4.98 Å². The van der Waals surface area contributed by atoms with Gasteiger partial charge in [-0.15, -0.1) is 0 Å². The second-order valence-electron chi connectivity index (χ2n) is 7.32. The van der Waals surface area contributed by atoms with Crippen LogP contribution >= 0.6 is 0 Å². The fraction of sp³-hybridized carbons (Fsp3) is 0.0769. The molecule has 0 atom stereocenters. The standard InChI is InChI=1S/C26H21N2/c1-18-14-20-10-6-7-11-21(20)15-23(18)26-24-16-22(19-8-4-3-5-9-19)12-13-25(24)27-17-28(26)2/h3-17H,1-2H3/q+1. The molecule has 1 heterocycles. The average molecular weight is 361 g/mol. The molecule has 134 valence electrons. The summed E-state index contributed by atoms with van der Waals surface area (Å²) in [5, 5.41) is 3.70. The van der Waals surface area contributed by atoms with Gasteiger partial charge in [-0.1, -0.05) is 60.7 Å². The molecule has 0 saturated carbocycles. The van der Waals surface area contributed by atoms with E-state index in [0.29, 0.717) is 0 Å². The fourth-order valence-corrected chi connectivity index (χ4v) is 3.99. The summed E-state index contributed by atoms with van der Waals surface area (Å²) in [7, 11) is 2.07. The van der Waals surface area contributed by atoms with Crippen LogP contribution in [0.4, 0.5) is 0 Å². The summed E-state index contributed by atoms with van der Waals surface area (Å²) in [4.78, 5) is 4.66. The molecule has 0 N–H and O–H groups in total. The van der Waals surface area contributed by atoms with E-state index in [-0.39, 0.29) is 0 Å². The van der Waals surface area contributed by atoms with Crippen LogP contribution in [0, 0.1) is 6.92 Å². The molecule has 2 heteroatoms. The molecule has 0 fully saturated rings. The first-order chi connectivity index (χ1) is 13.7. The first-order valence-electron chi connectivity index (χ1n) is 9.54. The minimum Gasteiger partial charge on any atom is -0.232 e.